The average molecular weight is 305 g/mol. The Morgan fingerprint density at radius 3 is 2.64 bits per heavy atom. The number of Topliss-reactive ketones (excluding diaryl/α,β-unsaturated/α-hetero) is 1. The quantitative estimate of drug-likeness (QED) is 0.879. The summed E-state index contributed by atoms with van der Waals surface area (Å²) in [7, 11) is 0. The molecule has 2 N–H and O–H groups in total. The standard InChI is InChI=1S/C18H26FN2O/c1-13(2)18(22)17(20)16-5-3-4-11-21(16)12-10-14-6-8-15(19)9-7-14/h6-9,13,16H,3-5,10-12,20H2,1-2H3. The van der Waals surface area contributed by atoms with Gasteiger partial charge < -0.3 is 5.73 Å². The van der Waals surface area contributed by atoms with Gasteiger partial charge in [-0.25, -0.2) is 4.39 Å². The Hall–Kier alpha value is -1.26. The topological polar surface area (TPSA) is 46.3 Å². The number of ketones is 1. The molecule has 4 heteroatoms. The van der Waals surface area contributed by atoms with E-state index in [1.54, 1.807) is 0 Å². The summed E-state index contributed by atoms with van der Waals surface area (Å²) in [6.07, 6.45) is 4.06. The number of rotatable bonds is 6. The second-order valence-electron chi connectivity index (χ2n) is 6.40. The normalized spacial score (nSPS) is 19.8. The van der Waals surface area contributed by atoms with Gasteiger partial charge in [0, 0.05) is 18.5 Å². The van der Waals surface area contributed by atoms with E-state index in [0.29, 0.717) is 6.04 Å². The number of likely N-dealkylation sites (tertiary alicyclic amines) is 1. The lowest BCUT2D eigenvalue weighted by molar-refractivity contribution is -0.121. The highest BCUT2D eigenvalue weighted by Gasteiger charge is 2.33. The molecule has 22 heavy (non-hydrogen) atoms. The highest BCUT2D eigenvalue weighted by Crippen LogP contribution is 2.24. The van der Waals surface area contributed by atoms with Crippen LogP contribution in [0.5, 0.6) is 0 Å². The fourth-order valence-corrected chi connectivity index (χ4v) is 3.03. The lowest BCUT2D eigenvalue weighted by Crippen LogP contribution is -2.50. The molecule has 1 radical (unpaired) electrons. The minimum Gasteiger partial charge on any atom is -0.316 e. The number of nitrogens with zero attached hydrogens (tertiary/aromatic N) is 1. The average Bonchev–Trinajstić information content (AvgIpc) is 2.53. The van der Waals surface area contributed by atoms with Crippen molar-refractivity contribution in [1.82, 2.24) is 4.90 Å². The molecule has 0 aromatic heterocycles. The second kappa shape index (κ2) is 7.84. The van der Waals surface area contributed by atoms with Crippen molar-refractivity contribution in [2.24, 2.45) is 11.7 Å². The largest absolute Gasteiger partial charge is 0.316 e. The molecule has 1 atom stereocenters. The Bertz CT molecular complexity index is 486. The van der Waals surface area contributed by atoms with Crippen molar-refractivity contribution in [3.05, 3.63) is 41.7 Å². The summed E-state index contributed by atoms with van der Waals surface area (Å²) in [6, 6.07) is 7.19. The molecule has 1 saturated heterocycles. The maximum Gasteiger partial charge on any atom is 0.159 e. The second-order valence-corrected chi connectivity index (χ2v) is 6.40. The van der Waals surface area contributed by atoms with Gasteiger partial charge in [-0.1, -0.05) is 32.4 Å². The van der Waals surface area contributed by atoms with Crippen LogP contribution >= 0.6 is 0 Å². The summed E-state index contributed by atoms with van der Waals surface area (Å²) in [5.41, 5.74) is 7.26. The maximum atomic E-state index is 12.9. The number of hydrogen-bond acceptors (Lipinski definition) is 3. The third-order valence-corrected chi connectivity index (χ3v) is 4.38. The summed E-state index contributed by atoms with van der Waals surface area (Å²) >= 11 is 0. The highest BCUT2D eigenvalue weighted by atomic mass is 19.1. The number of nitrogens with two attached hydrogens (primary N) is 1. The molecule has 1 aromatic rings. The summed E-state index contributed by atoms with van der Waals surface area (Å²) < 4.78 is 12.9. The predicted molar refractivity (Wildman–Crippen MR) is 86.6 cm³/mol. The van der Waals surface area contributed by atoms with E-state index in [1.807, 2.05) is 26.0 Å². The first kappa shape index (κ1) is 17.1. The Balaban J connectivity index is 1.97. The van der Waals surface area contributed by atoms with E-state index in [0.717, 1.165) is 44.3 Å². The summed E-state index contributed by atoms with van der Waals surface area (Å²) in [5, 5.41) is 0. The van der Waals surface area contributed by atoms with Crippen LogP contribution < -0.4 is 5.73 Å². The van der Waals surface area contributed by atoms with Crippen LogP contribution in [0.3, 0.4) is 0 Å². The van der Waals surface area contributed by atoms with Gasteiger partial charge in [0.1, 0.15) is 11.9 Å². The van der Waals surface area contributed by atoms with E-state index in [4.69, 9.17) is 5.73 Å². The van der Waals surface area contributed by atoms with Crippen LogP contribution in [-0.2, 0) is 11.2 Å². The molecule has 1 heterocycles. The van der Waals surface area contributed by atoms with Gasteiger partial charge in [-0.2, -0.15) is 0 Å². The molecule has 0 bridgehead atoms. The highest BCUT2D eigenvalue weighted by molar-refractivity contribution is 5.93. The molecular formula is C18H26FN2O. The first-order valence-electron chi connectivity index (χ1n) is 8.14. The smallest absolute Gasteiger partial charge is 0.159 e. The van der Waals surface area contributed by atoms with E-state index in [1.165, 1.54) is 12.1 Å². The van der Waals surface area contributed by atoms with Gasteiger partial charge in [0.05, 0.1) is 0 Å². The van der Waals surface area contributed by atoms with Gasteiger partial charge in [-0.15, -0.1) is 0 Å². The number of benzene rings is 1. The zero-order valence-electron chi connectivity index (χ0n) is 13.5. The van der Waals surface area contributed by atoms with Crippen molar-refractivity contribution >= 4 is 5.78 Å². The Morgan fingerprint density at radius 2 is 2.00 bits per heavy atom. The molecule has 1 aliphatic rings. The number of carbonyl (C=O) groups excluding carboxylic acids is 1. The summed E-state index contributed by atoms with van der Waals surface area (Å²) in [4.78, 5) is 14.5. The van der Waals surface area contributed by atoms with Crippen molar-refractivity contribution in [3.8, 4) is 0 Å². The first-order chi connectivity index (χ1) is 10.5. The van der Waals surface area contributed by atoms with E-state index in [-0.39, 0.29) is 23.6 Å². The first-order valence-corrected chi connectivity index (χ1v) is 8.14. The van der Waals surface area contributed by atoms with E-state index >= 15 is 0 Å². The molecule has 1 aliphatic heterocycles. The molecule has 121 valence electrons. The zero-order valence-corrected chi connectivity index (χ0v) is 13.5. The molecule has 0 saturated carbocycles. The van der Waals surface area contributed by atoms with Crippen molar-refractivity contribution in [2.45, 2.75) is 45.6 Å². The third-order valence-electron chi connectivity index (χ3n) is 4.38. The van der Waals surface area contributed by atoms with Crippen molar-refractivity contribution in [3.63, 3.8) is 0 Å². The van der Waals surface area contributed by atoms with Crippen LogP contribution in [0.2, 0.25) is 0 Å². The molecule has 1 aromatic carbocycles. The van der Waals surface area contributed by atoms with Gasteiger partial charge in [0.2, 0.25) is 0 Å². The Morgan fingerprint density at radius 1 is 1.32 bits per heavy atom. The molecule has 0 amide bonds. The van der Waals surface area contributed by atoms with E-state index < -0.39 is 0 Å². The van der Waals surface area contributed by atoms with E-state index in [9.17, 15) is 9.18 Å². The number of hydrogen-bond donors (Lipinski definition) is 1. The van der Waals surface area contributed by atoms with Crippen LogP contribution in [0, 0.1) is 17.8 Å². The van der Waals surface area contributed by atoms with Crippen LogP contribution in [0.1, 0.15) is 38.7 Å². The van der Waals surface area contributed by atoms with Gasteiger partial charge >= 0.3 is 0 Å². The Labute approximate surface area is 132 Å². The Kier molecular flexibility index (Phi) is 6.09. The van der Waals surface area contributed by atoms with Gasteiger partial charge in [0.15, 0.2) is 5.78 Å². The predicted octanol–water partition coefficient (Wildman–Crippen LogP) is 2.94. The van der Waals surface area contributed by atoms with Crippen molar-refractivity contribution in [2.75, 3.05) is 13.1 Å². The molecule has 1 unspecified atom stereocenters. The number of carbonyl (C=O) groups is 1. The van der Waals surface area contributed by atoms with E-state index in [2.05, 4.69) is 4.90 Å². The number of halogens is 1. The third kappa shape index (κ3) is 4.37. The molecule has 3 nitrogen and oxygen atoms in total. The van der Waals surface area contributed by atoms with Crippen LogP contribution in [0.25, 0.3) is 0 Å². The van der Waals surface area contributed by atoms with Gasteiger partial charge in [0.25, 0.3) is 0 Å². The van der Waals surface area contributed by atoms with Gasteiger partial charge in [-0.05, 0) is 43.5 Å². The fourth-order valence-electron chi connectivity index (χ4n) is 3.03. The van der Waals surface area contributed by atoms with Crippen molar-refractivity contribution < 1.29 is 9.18 Å². The van der Waals surface area contributed by atoms with Gasteiger partial charge in [-0.3, -0.25) is 9.69 Å². The SMILES string of the molecule is CC(C)C(=O)[C](N)C1CCCCN1CCc1ccc(F)cc1. The monoisotopic (exact) mass is 305 g/mol. The maximum absolute atomic E-state index is 12.9. The fraction of sp³-hybridized carbons (Fsp3) is 0.556. The zero-order chi connectivity index (χ0) is 16.1. The minimum atomic E-state index is -0.209. The molecular weight excluding hydrogens is 279 g/mol. The lowest BCUT2D eigenvalue weighted by Gasteiger charge is -2.38. The van der Waals surface area contributed by atoms with Crippen molar-refractivity contribution in [1.29, 1.82) is 0 Å². The molecule has 0 spiro atoms. The number of piperidine rings is 1. The van der Waals surface area contributed by atoms with Crippen LogP contribution in [0.15, 0.2) is 24.3 Å². The molecule has 1 fully saturated rings. The van der Waals surface area contributed by atoms with Crippen LogP contribution in [0.4, 0.5) is 4.39 Å². The molecule has 2 rings (SSSR count). The summed E-state index contributed by atoms with van der Waals surface area (Å²) in [6.45, 7) is 5.60. The minimum absolute atomic E-state index is 0.0547. The lowest BCUT2D eigenvalue weighted by atomic mass is 9.89. The molecule has 0 aliphatic carbocycles. The van der Waals surface area contributed by atoms with Crippen LogP contribution in [-0.4, -0.2) is 29.8 Å². The summed E-state index contributed by atoms with van der Waals surface area (Å²) in [5.74, 6) is -0.195.